The summed E-state index contributed by atoms with van der Waals surface area (Å²) in [6, 6.07) is 9.58. The maximum atomic E-state index is 13.7. The average molecular weight is 528 g/mol. The summed E-state index contributed by atoms with van der Waals surface area (Å²) >= 11 is 1.49. The molecule has 2 heterocycles. The van der Waals surface area contributed by atoms with Gasteiger partial charge in [-0.25, -0.2) is 13.4 Å². The molecule has 7 nitrogen and oxygen atoms in total. The van der Waals surface area contributed by atoms with E-state index in [1.54, 1.807) is 24.3 Å². The second-order valence-corrected chi connectivity index (χ2v) is 11.3. The molecule has 0 aliphatic carbocycles. The topological polar surface area (TPSA) is 104 Å². The van der Waals surface area contributed by atoms with Gasteiger partial charge < -0.3 is 15.0 Å². The predicted molar refractivity (Wildman–Crippen MR) is 126 cm³/mol. The number of thioether (sulfide) groups is 1. The number of aromatic nitrogens is 2. The largest absolute Gasteiger partial charge is 0.418 e. The number of rotatable bonds is 7. The van der Waals surface area contributed by atoms with Gasteiger partial charge in [0.05, 0.1) is 40.8 Å². The van der Waals surface area contributed by atoms with E-state index in [2.05, 4.69) is 4.98 Å². The van der Waals surface area contributed by atoms with Gasteiger partial charge >= 0.3 is 6.18 Å². The number of nitrogens with two attached hydrogens (primary N) is 1. The normalized spacial score (nSPS) is 19.2. The van der Waals surface area contributed by atoms with E-state index in [1.807, 2.05) is 6.26 Å². The quantitative estimate of drug-likeness (QED) is 0.468. The summed E-state index contributed by atoms with van der Waals surface area (Å²) in [4.78, 5) is 17.0. The molecule has 0 spiro atoms. The summed E-state index contributed by atoms with van der Waals surface area (Å²) in [5.74, 6) is -1.42. The van der Waals surface area contributed by atoms with E-state index in [-0.39, 0.29) is 34.1 Å². The molecule has 1 aliphatic rings. The Morgan fingerprint density at radius 3 is 2.57 bits per heavy atom. The number of hydrogen-bond donors (Lipinski definition) is 1. The molecular formula is C23H24F3N3O4S2. The van der Waals surface area contributed by atoms with Crippen LogP contribution < -0.4 is 5.73 Å². The van der Waals surface area contributed by atoms with Gasteiger partial charge in [0.2, 0.25) is 5.91 Å². The minimum Gasteiger partial charge on any atom is -0.379 e. The number of sulfone groups is 1. The van der Waals surface area contributed by atoms with Crippen LogP contribution in [-0.2, 0) is 32.0 Å². The lowest BCUT2D eigenvalue weighted by atomic mass is 9.96. The predicted octanol–water partition coefficient (Wildman–Crippen LogP) is 3.86. The van der Waals surface area contributed by atoms with Crippen LogP contribution >= 0.6 is 11.8 Å². The van der Waals surface area contributed by atoms with Gasteiger partial charge in [-0.05, 0) is 55.0 Å². The molecule has 35 heavy (non-hydrogen) atoms. The molecule has 2 aromatic carbocycles. The van der Waals surface area contributed by atoms with Crippen LogP contribution in [0.1, 0.15) is 23.9 Å². The minimum absolute atomic E-state index is 0.0476. The number of primary amides is 1. The van der Waals surface area contributed by atoms with Crippen molar-refractivity contribution in [2.75, 3.05) is 25.2 Å². The fourth-order valence-corrected chi connectivity index (χ4v) is 6.56. The highest BCUT2D eigenvalue weighted by Crippen LogP contribution is 2.38. The first-order valence-electron chi connectivity index (χ1n) is 10.8. The summed E-state index contributed by atoms with van der Waals surface area (Å²) in [6.45, 7) is 0.382. The third-order valence-corrected chi connectivity index (χ3v) is 8.68. The van der Waals surface area contributed by atoms with Gasteiger partial charge in [0.25, 0.3) is 0 Å². The Morgan fingerprint density at radius 1 is 1.23 bits per heavy atom. The van der Waals surface area contributed by atoms with Gasteiger partial charge in [-0.2, -0.15) is 13.2 Å². The molecule has 188 valence electrons. The van der Waals surface area contributed by atoms with Crippen molar-refractivity contribution in [3.63, 3.8) is 0 Å². The first-order valence-corrected chi connectivity index (χ1v) is 13.7. The monoisotopic (exact) mass is 527 g/mol. The third-order valence-electron chi connectivity index (χ3n) is 6.08. The van der Waals surface area contributed by atoms with Crippen LogP contribution in [0.25, 0.3) is 11.0 Å². The molecule has 1 aliphatic heterocycles. The number of carbonyl (C=O) groups is 1. The Hall–Kier alpha value is -2.57. The van der Waals surface area contributed by atoms with Crippen LogP contribution in [0.5, 0.6) is 0 Å². The molecule has 0 radical (unpaired) electrons. The zero-order chi connectivity index (χ0) is 25.4. The van der Waals surface area contributed by atoms with E-state index in [1.165, 1.54) is 28.5 Å². The molecule has 2 N–H and O–H groups in total. The van der Waals surface area contributed by atoms with Gasteiger partial charge in [-0.3, -0.25) is 4.79 Å². The number of halogens is 3. The summed E-state index contributed by atoms with van der Waals surface area (Å²) in [7, 11) is -3.70. The Bertz CT molecular complexity index is 1340. The van der Waals surface area contributed by atoms with Crippen LogP contribution in [0.4, 0.5) is 13.2 Å². The molecule has 2 atom stereocenters. The molecule has 1 fully saturated rings. The molecule has 4 rings (SSSR count). The van der Waals surface area contributed by atoms with Crippen molar-refractivity contribution in [3.05, 3.63) is 53.9 Å². The summed E-state index contributed by atoms with van der Waals surface area (Å²) in [5.41, 5.74) is 4.27. The number of alkyl halides is 3. The molecule has 0 unspecified atom stereocenters. The molecule has 12 heteroatoms. The van der Waals surface area contributed by atoms with Crippen LogP contribution in [0.15, 0.2) is 52.3 Å². The number of carbonyl (C=O) groups excluding carboxylic acids is 1. The molecular weight excluding hydrogens is 503 g/mol. The zero-order valence-electron chi connectivity index (χ0n) is 18.8. The zero-order valence-corrected chi connectivity index (χ0v) is 20.4. The second-order valence-electron chi connectivity index (χ2n) is 8.36. The van der Waals surface area contributed by atoms with Crippen molar-refractivity contribution >= 4 is 38.5 Å². The SMILES string of the molecule is CSc1ccc(S(=O)(=O)C[C@@H]2CCOC[C@@H]2n2c(CC(N)=O)nc3c(C(F)(F)F)cccc32)cc1. The van der Waals surface area contributed by atoms with Crippen LogP contribution in [0.3, 0.4) is 0 Å². The number of imidazole rings is 1. The van der Waals surface area contributed by atoms with E-state index < -0.39 is 45.9 Å². The maximum absolute atomic E-state index is 13.7. The Balaban J connectivity index is 1.78. The molecule has 3 aromatic rings. The van der Waals surface area contributed by atoms with Gasteiger partial charge in [-0.1, -0.05) is 6.07 Å². The van der Waals surface area contributed by atoms with Crippen molar-refractivity contribution in [1.29, 1.82) is 0 Å². The lowest BCUT2D eigenvalue weighted by Gasteiger charge is -2.33. The van der Waals surface area contributed by atoms with Crippen LogP contribution in [0, 0.1) is 5.92 Å². The van der Waals surface area contributed by atoms with Crippen LogP contribution in [-0.4, -0.2) is 49.1 Å². The average Bonchev–Trinajstić information content (AvgIpc) is 3.15. The highest BCUT2D eigenvalue weighted by molar-refractivity contribution is 7.98. The standard InChI is InChI=1S/C23H24F3N3O4S2/c1-34-15-5-7-16(8-6-15)35(31,32)13-14-9-10-33-12-19(14)29-18-4-2-3-17(23(24,25)26)22(18)28-21(29)11-20(27)30/h2-8,14,19H,9-13H2,1H3,(H2,27,30)/t14-,19-/m0/s1. The number of ether oxygens (including phenoxy) is 1. The Kier molecular flexibility index (Phi) is 7.16. The van der Waals surface area contributed by atoms with Gasteiger partial charge in [0.1, 0.15) is 11.3 Å². The third kappa shape index (κ3) is 5.34. The van der Waals surface area contributed by atoms with Crippen molar-refractivity contribution in [2.45, 2.75) is 34.9 Å². The number of fused-ring (bicyclic) bond motifs is 1. The molecule has 1 saturated heterocycles. The molecule has 1 amide bonds. The van der Waals surface area contributed by atoms with Crippen molar-refractivity contribution < 1.29 is 31.1 Å². The number of nitrogens with zero attached hydrogens (tertiary/aromatic N) is 2. The highest BCUT2D eigenvalue weighted by atomic mass is 32.2. The minimum atomic E-state index is -4.66. The van der Waals surface area contributed by atoms with E-state index in [0.717, 1.165) is 11.0 Å². The summed E-state index contributed by atoms with van der Waals surface area (Å²) in [5, 5.41) is 0. The maximum Gasteiger partial charge on any atom is 0.418 e. The molecule has 1 aromatic heterocycles. The fourth-order valence-electron chi connectivity index (χ4n) is 4.45. The molecule has 0 saturated carbocycles. The number of amides is 1. The summed E-state index contributed by atoms with van der Waals surface area (Å²) < 4.78 is 74.6. The fraction of sp³-hybridized carbons (Fsp3) is 0.391. The lowest BCUT2D eigenvalue weighted by Crippen LogP contribution is -2.35. The highest BCUT2D eigenvalue weighted by Gasteiger charge is 2.38. The van der Waals surface area contributed by atoms with E-state index in [4.69, 9.17) is 10.5 Å². The van der Waals surface area contributed by atoms with E-state index in [0.29, 0.717) is 13.0 Å². The Labute approximate surface area is 204 Å². The smallest absolute Gasteiger partial charge is 0.379 e. The van der Waals surface area contributed by atoms with Crippen molar-refractivity contribution in [2.24, 2.45) is 11.7 Å². The lowest BCUT2D eigenvalue weighted by molar-refractivity contribution is -0.136. The van der Waals surface area contributed by atoms with Crippen molar-refractivity contribution in [1.82, 2.24) is 9.55 Å². The number of benzene rings is 2. The van der Waals surface area contributed by atoms with E-state index >= 15 is 0 Å². The second kappa shape index (κ2) is 9.82. The van der Waals surface area contributed by atoms with Crippen molar-refractivity contribution in [3.8, 4) is 0 Å². The van der Waals surface area contributed by atoms with Gasteiger partial charge in [0.15, 0.2) is 9.84 Å². The van der Waals surface area contributed by atoms with Gasteiger partial charge in [0, 0.05) is 11.5 Å². The molecule has 0 bridgehead atoms. The first kappa shape index (κ1) is 25.5. The first-order chi connectivity index (χ1) is 16.5. The van der Waals surface area contributed by atoms with Crippen LogP contribution in [0.2, 0.25) is 0 Å². The van der Waals surface area contributed by atoms with E-state index in [9.17, 15) is 26.4 Å². The summed E-state index contributed by atoms with van der Waals surface area (Å²) in [6.07, 6.45) is -2.78. The number of hydrogen-bond acceptors (Lipinski definition) is 6. The van der Waals surface area contributed by atoms with Gasteiger partial charge in [-0.15, -0.1) is 11.8 Å². The Morgan fingerprint density at radius 2 is 1.94 bits per heavy atom. The number of para-hydroxylation sites is 1.